The van der Waals surface area contributed by atoms with Gasteiger partial charge in [-0.1, -0.05) is 47.2 Å². The first-order valence-electron chi connectivity index (χ1n) is 9.22. The van der Waals surface area contributed by atoms with Gasteiger partial charge < -0.3 is 34.2 Å². The van der Waals surface area contributed by atoms with Crippen LogP contribution in [0.1, 0.15) is 5.56 Å². The van der Waals surface area contributed by atoms with Gasteiger partial charge in [0.1, 0.15) is 34.9 Å². The Balaban J connectivity index is 0.000000861. The zero-order chi connectivity index (χ0) is 23.8. The van der Waals surface area contributed by atoms with Crippen LogP contribution < -0.4 is 0 Å². The molecule has 0 bridgehead atoms. The molecule has 5 atom stereocenters. The number of hydrogen-bond acceptors (Lipinski definition) is 11. The summed E-state index contributed by atoms with van der Waals surface area (Å²) in [5.74, 6) is 0. The van der Waals surface area contributed by atoms with E-state index in [2.05, 4.69) is 37.6 Å². The number of nitrogens with zero attached hydrogens (tertiary/aromatic N) is 2. The molecule has 178 valence electrons. The molecule has 0 aromatic heterocycles. The molecule has 1 aliphatic heterocycles. The highest BCUT2D eigenvalue weighted by Gasteiger charge is 2.44. The summed E-state index contributed by atoms with van der Waals surface area (Å²) in [6.45, 7) is -0.612. The Bertz CT molecular complexity index is 792. The normalized spacial score (nSPS) is 27.3. The van der Waals surface area contributed by atoms with Gasteiger partial charge >= 0.3 is 0 Å². The average Bonchev–Trinajstić information content (AvgIpc) is 2.65. The highest BCUT2D eigenvalue weighted by atomic mass is 32.3. The van der Waals surface area contributed by atoms with E-state index >= 15 is 0 Å². The smallest absolute Gasteiger partial charge is 0.284 e. The maximum absolute atomic E-state index is 10.7. The van der Waals surface area contributed by atoms with E-state index in [1.165, 1.54) is 0 Å². The van der Waals surface area contributed by atoms with Gasteiger partial charge in [0, 0.05) is 6.42 Å². The lowest BCUT2D eigenvalue weighted by Crippen LogP contribution is -2.57. The van der Waals surface area contributed by atoms with Crippen molar-refractivity contribution in [3.63, 3.8) is 0 Å². The lowest BCUT2D eigenvalue weighted by Gasteiger charge is -2.39. The van der Waals surface area contributed by atoms with Gasteiger partial charge in [-0.3, -0.25) is 4.28 Å². The zero-order valence-electron chi connectivity index (χ0n) is 17.7. The summed E-state index contributed by atoms with van der Waals surface area (Å²) in [5, 5.41) is 42.1. The first-order valence-corrected chi connectivity index (χ1v) is 11.4. The average molecular weight is 483 g/mol. The highest BCUT2D eigenvalue weighted by molar-refractivity contribution is 8.14. The van der Waals surface area contributed by atoms with Gasteiger partial charge in [0.25, 0.3) is 10.4 Å². The van der Waals surface area contributed by atoms with Crippen molar-refractivity contribution in [2.45, 2.75) is 36.3 Å². The number of ether oxygens (including phenoxy) is 1. The van der Waals surface area contributed by atoms with Crippen molar-refractivity contribution in [3.8, 4) is 0 Å². The van der Waals surface area contributed by atoms with Crippen LogP contribution in [0.25, 0.3) is 0 Å². The lowest BCUT2D eigenvalue weighted by atomic mass is 10.0. The van der Waals surface area contributed by atoms with Crippen LogP contribution in [0.5, 0.6) is 0 Å². The molecule has 31 heavy (non-hydrogen) atoms. The molecule has 0 spiro atoms. The third-order valence-electron chi connectivity index (χ3n) is 3.53. The molecule has 0 amide bonds. The van der Waals surface area contributed by atoms with Gasteiger partial charge in [0.2, 0.25) is 0 Å². The van der Waals surface area contributed by atoms with Gasteiger partial charge in [-0.05, 0) is 5.56 Å². The van der Waals surface area contributed by atoms with Crippen LogP contribution in [0, 0.1) is 0 Å². The first kappa shape index (κ1) is 27.7. The molecular weight excluding hydrogens is 452 g/mol. The van der Waals surface area contributed by atoms with Crippen molar-refractivity contribution < 1.29 is 46.9 Å². The molecule has 11 nitrogen and oxygen atoms in total. The summed E-state index contributed by atoms with van der Waals surface area (Å²) in [6, 6.07) is 8.67. The van der Waals surface area contributed by atoms with E-state index in [1.54, 1.807) is 30.3 Å². The van der Waals surface area contributed by atoms with E-state index in [4.69, 9.17) is 4.74 Å². The van der Waals surface area contributed by atoms with Crippen LogP contribution in [0.4, 0.5) is 0 Å². The fraction of sp³-hybridized carbons (Fsp3) is 0.611. The van der Waals surface area contributed by atoms with Crippen LogP contribution in [-0.4, -0.2) is 108 Å². The number of hydrogen-bond donors (Lipinski definition) is 4. The molecule has 1 heterocycles. The highest BCUT2D eigenvalue weighted by Crippen LogP contribution is 2.30. The Kier molecular flexibility index (Phi) is 10.8. The van der Waals surface area contributed by atoms with E-state index in [0.29, 0.717) is 17.3 Å². The fourth-order valence-electron chi connectivity index (χ4n) is 2.25. The first-order chi connectivity index (χ1) is 14.2. The van der Waals surface area contributed by atoms with Gasteiger partial charge in [0.15, 0.2) is 0 Å². The third kappa shape index (κ3) is 11.2. The molecule has 4 N–H and O–H groups in total. The summed E-state index contributed by atoms with van der Waals surface area (Å²) in [6.07, 6.45) is -5.76. The molecule has 1 saturated heterocycles. The Hall–Kier alpha value is -1.29. The molecule has 1 aromatic carbocycles. The van der Waals surface area contributed by atoms with Crippen molar-refractivity contribution in [2.24, 2.45) is 5.16 Å². The topological polar surface area (TPSA) is 169 Å². The molecular formula is C18H30N2O9S2. The SMILES string of the molecule is C[N+](C)(C)C.O=S(=O)([O-])ON=C(Cc1ccccc1)S[C@@H]1O[C@H](CO)[C@@H](O)[C@H](O)[C@H]1O. The largest absolute Gasteiger partial charge is 0.714 e. The maximum Gasteiger partial charge on any atom is 0.284 e. The van der Waals surface area contributed by atoms with Gasteiger partial charge in [-0.25, -0.2) is 0 Å². The monoisotopic (exact) mass is 482 g/mol. The Morgan fingerprint density at radius 1 is 1.13 bits per heavy atom. The minimum absolute atomic E-state index is 0.0278. The Labute approximate surface area is 186 Å². The van der Waals surface area contributed by atoms with Crippen molar-refractivity contribution in [2.75, 3.05) is 34.8 Å². The lowest BCUT2D eigenvalue weighted by molar-refractivity contribution is -0.849. The minimum atomic E-state index is -5.08. The second kappa shape index (κ2) is 12.1. The van der Waals surface area contributed by atoms with E-state index in [-0.39, 0.29) is 11.5 Å². The molecule has 1 fully saturated rings. The summed E-state index contributed by atoms with van der Waals surface area (Å²) in [7, 11) is 3.42. The fourth-order valence-corrected chi connectivity index (χ4v) is 3.58. The number of aliphatic hydroxyl groups excluding tert-OH is 4. The van der Waals surface area contributed by atoms with E-state index in [9.17, 15) is 33.4 Å². The van der Waals surface area contributed by atoms with Crippen LogP contribution in [0.3, 0.4) is 0 Å². The molecule has 1 aromatic rings. The van der Waals surface area contributed by atoms with Gasteiger partial charge in [-0.2, -0.15) is 8.42 Å². The third-order valence-corrected chi connectivity index (χ3v) is 4.90. The summed E-state index contributed by atoms with van der Waals surface area (Å²) in [5.41, 5.74) is -0.485. The van der Waals surface area contributed by atoms with Crippen LogP contribution in [0.2, 0.25) is 0 Å². The minimum Gasteiger partial charge on any atom is -0.714 e. The van der Waals surface area contributed by atoms with E-state index < -0.39 is 46.9 Å². The van der Waals surface area contributed by atoms with Gasteiger partial charge in [0.05, 0.1) is 34.8 Å². The van der Waals surface area contributed by atoms with Crippen molar-refractivity contribution in [1.29, 1.82) is 0 Å². The second-order valence-corrected chi connectivity index (χ2v) is 10.3. The van der Waals surface area contributed by atoms with E-state index in [1.807, 2.05) is 0 Å². The van der Waals surface area contributed by atoms with Crippen LogP contribution >= 0.6 is 11.8 Å². The number of quaternary nitrogens is 1. The standard InChI is InChI=1S/C14H19NO9S2.C4H12N/c16-7-9-11(17)12(18)13(19)14(23-9)25-10(15-24-26(20,21)22)6-8-4-2-1-3-5-8;1-5(2,3)4/h1-5,9,11-14,16-19H,6-7H2,(H,20,21,22);1-4H3/q;+1/p-1/t9-,11-,12+,13-,14+;/m1./s1. The maximum atomic E-state index is 10.7. The zero-order valence-corrected chi connectivity index (χ0v) is 19.4. The molecule has 0 radical (unpaired) electrons. The van der Waals surface area contributed by atoms with Crippen LogP contribution in [0.15, 0.2) is 35.5 Å². The molecule has 0 aliphatic carbocycles. The Morgan fingerprint density at radius 3 is 2.16 bits per heavy atom. The molecule has 1 aliphatic rings. The molecule has 0 saturated carbocycles. The van der Waals surface area contributed by atoms with E-state index in [0.717, 1.165) is 4.48 Å². The van der Waals surface area contributed by atoms with Crippen molar-refractivity contribution in [1.82, 2.24) is 0 Å². The molecule has 2 rings (SSSR count). The quantitative estimate of drug-likeness (QED) is 0.0972. The van der Waals surface area contributed by atoms with Crippen molar-refractivity contribution in [3.05, 3.63) is 35.9 Å². The number of benzene rings is 1. The molecule has 13 heteroatoms. The van der Waals surface area contributed by atoms with Crippen molar-refractivity contribution >= 4 is 27.2 Å². The number of thioether (sulfide) groups is 1. The Morgan fingerprint density at radius 2 is 1.68 bits per heavy atom. The molecule has 0 unspecified atom stereocenters. The number of oxime groups is 1. The van der Waals surface area contributed by atoms with Crippen LogP contribution in [-0.2, 0) is 25.8 Å². The number of aliphatic hydroxyl groups is 4. The second-order valence-electron chi connectivity index (χ2n) is 8.13. The summed E-state index contributed by atoms with van der Waals surface area (Å²) < 4.78 is 42.2. The number of rotatable bonds is 6. The predicted octanol–water partition coefficient (Wildman–Crippen LogP) is -1.13. The summed E-state index contributed by atoms with van der Waals surface area (Å²) >= 11 is 0.701. The summed E-state index contributed by atoms with van der Waals surface area (Å²) in [4.78, 5) is 0. The van der Waals surface area contributed by atoms with Gasteiger partial charge in [-0.15, -0.1) is 0 Å². The predicted molar refractivity (Wildman–Crippen MR) is 114 cm³/mol.